The highest BCUT2D eigenvalue weighted by Crippen LogP contribution is 2.32. The van der Waals surface area contributed by atoms with Gasteiger partial charge in [0, 0.05) is 12.6 Å². The Labute approximate surface area is 173 Å². The molecule has 0 saturated carbocycles. The van der Waals surface area contributed by atoms with Crippen LogP contribution in [-0.4, -0.2) is 38.8 Å². The number of nitrogens with zero attached hydrogens (tertiary/aromatic N) is 2. The highest BCUT2D eigenvalue weighted by atomic mass is 16.4. The van der Waals surface area contributed by atoms with Crippen molar-refractivity contribution in [2.75, 3.05) is 5.73 Å². The first-order valence-electron chi connectivity index (χ1n) is 9.71. The van der Waals surface area contributed by atoms with Crippen molar-refractivity contribution in [3.63, 3.8) is 0 Å². The van der Waals surface area contributed by atoms with Gasteiger partial charge in [0.2, 0.25) is 11.8 Å². The van der Waals surface area contributed by atoms with Gasteiger partial charge in [0.05, 0.1) is 5.92 Å². The van der Waals surface area contributed by atoms with Crippen LogP contribution in [0.1, 0.15) is 17.5 Å². The summed E-state index contributed by atoms with van der Waals surface area (Å²) >= 11 is 0. The van der Waals surface area contributed by atoms with Crippen molar-refractivity contribution < 1.29 is 19.5 Å². The zero-order chi connectivity index (χ0) is 21.3. The summed E-state index contributed by atoms with van der Waals surface area (Å²) < 4.78 is 0. The van der Waals surface area contributed by atoms with Crippen LogP contribution < -0.4 is 5.73 Å². The van der Waals surface area contributed by atoms with Gasteiger partial charge in [0.25, 0.3) is 0 Å². The third kappa shape index (κ3) is 3.61. The summed E-state index contributed by atoms with van der Waals surface area (Å²) in [5.74, 6) is -2.59. The Bertz CT molecular complexity index is 1140. The molecule has 1 aliphatic heterocycles. The van der Waals surface area contributed by atoms with Crippen molar-refractivity contribution in [3.05, 3.63) is 71.9 Å². The predicted octanol–water partition coefficient (Wildman–Crippen LogP) is 2.43. The first-order valence-corrected chi connectivity index (χ1v) is 9.71. The van der Waals surface area contributed by atoms with Gasteiger partial charge in [-0.15, -0.1) is 0 Å². The number of pyridine rings is 1. The maximum atomic E-state index is 12.7. The monoisotopic (exact) mass is 403 g/mol. The number of nitrogens with two attached hydrogens (primary N) is 1. The SMILES string of the molecule is Nc1cc(C[C@H]2C(=O)N(C(=O)CCc3cccc4ccccc34)[C@@H]2C(=O)O)ccn1. The fourth-order valence-corrected chi connectivity index (χ4v) is 4.06. The van der Waals surface area contributed by atoms with Gasteiger partial charge in [-0.1, -0.05) is 42.5 Å². The fourth-order valence-electron chi connectivity index (χ4n) is 4.06. The number of imide groups is 1. The van der Waals surface area contributed by atoms with Crippen LogP contribution in [0.25, 0.3) is 10.8 Å². The molecule has 2 heterocycles. The Morgan fingerprint density at radius 1 is 1.10 bits per heavy atom. The van der Waals surface area contributed by atoms with Gasteiger partial charge in [-0.05, 0) is 46.9 Å². The second-order valence-corrected chi connectivity index (χ2v) is 7.42. The molecule has 0 bridgehead atoms. The lowest BCUT2D eigenvalue weighted by molar-refractivity contribution is -0.177. The van der Waals surface area contributed by atoms with Crippen molar-refractivity contribution in [1.29, 1.82) is 0 Å². The highest BCUT2D eigenvalue weighted by Gasteiger charge is 2.54. The average molecular weight is 403 g/mol. The van der Waals surface area contributed by atoms with E-state index in [2.05, 4.69) is 4.98 Å². The van der Waals surface area contributed by atoms with E-state index in [0.29, 0.717) is 12.2 Å². The van der Waals surface area contributed by atoms with Gasteiger partial charge in [0.15, 0.2) is 0 Å². The standard InChI is InChI=1S/C23H21N3O4/c24-19-13-14(10-11-25-19)12-18-21(23(29)30)26(22(18)28)20(27)9-8-16-6-3-5-15-4-1-2-7-17(15)16/h1-7,10-11,13,18,21H,8-9,12H2,(H2,24,25)(H,29,30)/t18-,21+/m1/s1. The van der Waals surface area contributed by atoms with Crippen molar-refractivity contribution in [2.45, 2.75) is 25.3 Å². The molecule has 0 spiro atoms. The summed E-state index contributed by atoms with van der Waals surface area (Å²) in [4.78, 5) is 41.9. The molecule has 1 aliphatic rings. The number of nitrogen functional groups attached to an aromatic ring is 1. The number of carbonyl (C=O) groups excluding carboxylic acids is 2. The molecular weight excluding hydrogens is 382 g/mol. The Kier molecular flexibility index (Phi) is 5.18. The third-order valence-electron chi connectivity index (χ3n) is 5.52. The molecule has 1 fully saturated rings. The number of aryl methyl sites for hydroxylation is 1. The number of carboxylic acid groups (broad SMARTS) is 1. The van der Waals surface area contributed by atoms with Gasteiger partial charge in [-0.2, -0.15) is 0 Å². The molecule has 7 nitrogen and oxygen atoms in total. The zero-order valence-corrected chi connectivity index (χ0v) is 16.2. The average Bonchev–Trinajstić information content (AvgIpc) is 2.73. The molecule has 0 aliphatic carbocycles. The van der Waals surface area contributed by atoms with Crippen molar-refractivity contribution in [3.8, 4) is 0 Å². The minimum atomic E-state index is -1.18. The molecule has 2 aromatic carbocycles. The van der Waals surface area contributed by atoms with Crippen molar-refractivity contribution >= 4 is 34.4 Å². The Balaban J connectivity index is 1.47. The molecule has 2 atom stereocenters. The molecular formula is C23H21N3O4. The number of rotatable bonds is 6. The predicted molar refractivity (Wildman–Crippen MR) is 111 cm³/mol. The van der Waals surface area contributed by atoms with Crippen LogP contribution in [0.3, 0.4) is 0 Å². The molecule has 1 aromatic heterocycles. The van der Waals surface area contributed by atoms with Crippen LogP contribution >= 0.6 is 0 Å². The summed E-state index contributed by atoms with van der Waals surface area (Å²) in [7, 11) is 0. The number of carboxylic acids is 1. The minimum absolute atomic E-state index is 0.0679. The third-order valence-corrected chi connectivity index (χ3v) is 5.52. The number of aliphatic carboxylic acids is 1. The summed E-state index contributed by atoms with van der Waals surface area (Å²) in [6, 6.07) is 15.9. The number of amides is 2. The van der Waals surface area contributed by atoms with Crippen LogP contribution in [-0.2, 0) is 27.2 Å². The number of carbonyl (C=O) groups is 3. The zero-order valence-electron chi connectivity index (χ0n) is 16.2. The lowest BCUT2D eigenvalue weighted by atomic mass is 9.82. The summed E-state index contributed by atoms with van der Waals surface area (Å²) in [6.07, 6.45) is 2.21. The number of fused-ring (bicyclic) bond motifs is 1. The van der Waals surface area contributed by atoms with Gasteiger partial charge >= 0.3 is 5.97 Å². The molecule has 30 heavy (non-hydrogen) atoms. The number of benzene rings is 2. The molecule has 0 unspecified atom stereocenters. The Morgan fingerprint density at radius 3 is 2.63 bits per heavy atom. The molecule has 1 saturated heterocycles. The van der Waals surface area contributed by atoms with Crippen LogP contribution in [0.2, 0.25) is 0 Å². The summed E-state index contributed by atoms with van der Waals surface area (Å²) in [6.45, 7) is 0. The number of aromatic nitrogens is 1. The molecule has 4 rings (SSSR count). The van der Waals surface area contributed by atoms with Crippen LogP contribution in [0.15, 0.2) is 60.8 Å². The second kappa shape index (κ2) is 7.94. The second-order valence-electron chi connectivity index (χ2n) is 7.42. The number of hydrogen-bond donors (Lipinski definition) is 2. The molecule has 7 heteroatoms. The number of hydrogen-bond acceptors (Lipinski definition) is 5. The van der Waals surface area contributed by atoms with E-state index in [1.54, 1.807) is 12.1 Å². The number of β-lactam (4-membered cyclic amide) rings is 1. The van der Waals surface area contributed by atoms with E-state index >= 15 is 0 Å². The van der Waals surface area contributed by atoms with Gasteiger partial charge < -0.3 is 10.8 Å². The molecule has 3 aromatic rings. The minimum Gasteiger partial charge on any atom is -0.480 e. The van der Waals surface area contributed by atoms with E-state index in [-0.39, 0.29) is 12.8 Å². The first kappa shape index (κ1) is 19.6. The molecule has 0 radical (unpaired) electrons. The topological polar surface area (TPSA) is 114 Å². The van der Waals surface area contributed by atoms with E-state index in [4.69, 9.17) is 5.73 Å². The fraction of sp³-hybridized carbons (Fsp3) is 0.217. The molecule has 2 amide bonds. The Hall–Kier alpha value is -3.74. The smallest absolute Gasteiger partial charge is 0.327 e. The largest absolute Gasteiger partial charge is 0.480 e. The molecule has 152 valence electrons. The van der Waals surface area contributed by atoms with Crippen molar-refractivity contribution in [1.82, 2.24) is 9.88 Å². The highest BCUT2D eigenvalue weighted by molar-refractivity contribution is 6.08. The van der Waals surface area contributed by atoms with E-state index in [1.807, 2.05) is 42.5 Å². The quantitative estimate of drug-likeness (QED) is 0.611. The van der Waals surface area contributed by atoms with E-state index < -0.39 is 29.7 Å². The van der Waals surface area contributed by atoms with Crippen LogP contribution in [0.5, 0.6) is 0 Å². The maximum Gasteiger partial charge on any atom is 0.327 e. The molecule has 3 N–H and O–H groups in total. The number of likely N-dealkylation sites (tertiary alicyclic amines) is 1. The van der Waals surface area contributed by atoms with E-state index in [9.17, 15) is 19.5 Å². The van der Waals surface area contributed by atoms with E-state index in [0.717, 1.165) is 26.8 Å². The van der Waals surface area contributed by atoms with E-state index in [1.165, 1.54) is 6.20 Å². The normalized spacial score (nSPS) is 18.3. The summed E-state index contributed by atoms with van der Waals surface area (Å²) in [5, 5.41) is 11.7. The van der Waals surface area contributed by atoms with Gasteiger partial charge in [-0.3, -0.25) is 14.5 Å². The van der Waals surface area contributed by atoms with Gasteiger partial charge in [-0.25, -0.2) is 9.78 Å². The van der Waals surface area contributed by atoms with Gasteiger partial charge in [0.1, 0.15) is 11.9 Å². The van der Waals surface area contributed by atoms with Crippen LogP contribution in [0, 0.1) is 5.92 Å². The lowest BCUT2D eigenvalue weighted by Crippen LogP contribution is -2.66. The van der Waals surface area contributed by atoms with Crippen LogP contribution in [0.4, 0.5) is 5.82 Å². The maximum absolute atomic E-state index is 12.7. The first-order chi connectivity index (χ1) is 14.5. The number of anilines is 1. The van der Waals surface area contributed by atoms with Crippen molar-refractivity contribution in [2.24, 2.45) is 5.92 Å². The lowest BCUT2D eigenvalue weighted by Gasteiger charge is -2.43. The Morgan fingerprint density at radius 2 is 1.87 bits per heavy atom. The summed E-state index contributed by atoms with van der Waals surface area (Å²) in [5.41, 5.74) is 7.36.